The maximum absolute atomic E-state index is 12.0. The van der Waals surface area contributed by atoms with Gasteiger partial charge in [-0.05, 0) is 45.2 Å². The van der Waals surface area contributed by atoms with Gasteiger partial charge in [0.2, 0.25) is 0 Å². The first-order chi connectivity index (χ1) is 10.1. The number of furan rings is 1. The van der Waals surface area contributed by atoms with Gasteiger partial charge in [0.05, 0.1) is 6.26 Å². The minimum Gasteiger partial charge on any atom is -0.459 e. The fourth-order valence-corrected chi connectivity index (χ4v) is 2.91. The summed E-state index contributed by atoms with van der Waals surface area (Å²) in [6.45, 7) is 10.2. The minimum atomic E-state index is -0.0991. The second-order valence-corrected chi connectivity index (χ2v) is 5.99. The van der Waals surface area contributed by atoms with Crippen molar-refractivity contribution in [2.45, 2.75) is 33.6 Å². The van der Waals surface area contributed by atoms with Crippen LogP contribution in [0.15, 0.2) is 28.4 Å². The molecule has 1 aliphatic rings. The van der Waals surface area contributed by atoms with E-state index in [4.69, 9.17) is 4.42 Å². The minimum absolute atomic E-state index is 0.0991. The van der Waals surface area contributed by atoms with Crippen LogP contribution in [0.1, 0.15) is 42.8 Å². The molecule has 4 nitrogen and oxygen atoms in total. The van der Waals surface area contributed by atoms with E-state index in [1.54, 1.807) is 6.26 Å². The van der Waals surface area contributed by atoms with Crippen molar-refractivity contribution in [2.24, 2.45) is 5.92 Å². The number of allylic oxidation sites excluding steroid dienone is 1. The molecule has 0 radical (unpaired) electrons. The molecule has 116 valence electrons. The van der Waals surface area contributed by atoms with Gasteiger partial charge in [-0.2, -0.15) is 0 Å². The first kappa shape index (κ1) is 15.8. The Kier molecular flexibility index (Phi) is 5.62. The van der Waals surface area contributed by atoms with E-state index < -0.39 is 0 Å². The molecule has 1 unspecified atom stereocenters. The molecule has 0 aromatic carbocycles. The van der Waals surface area contributed by atoms with E-state index in [0.717, 1.165) is 44.6 Å². The van der Waals surface area contributed by atoms with Gasteiger partial charge in [0, 0.05) is 25.2 Å². The fraction of sp³-hybridized carbons (Fsp3) is 0.588. The largest absolute Gasteiger partial charge is 0.459 e. The van der Waals surface area contributed by atoms with E-state index in [-0.39, 0.29) is 5.91 Å². The van der Waals surface area contributed by atoms with Gasteiger partial charge in [0.25, 0.3) is 5.91 Å². The molecule has 2 rings (SSSR count). The summed E-state index contributed by atoms with van der Waals surface area (Å²) in [4.78, 5) is 14.5. The highest BCUT2D eigenvalue weighted by molar-refractivity contribution is 5.92. The van der Waals surface area contributed by atoms with Crippen LogP contribution < -0.4 is 5.32 Å². The summed E-state index contributed by atoms with van der Waals surface area (Å²) >= 11 is 0. The van der Waals surface area contributed by atoms with Crippen LogP contribution >= 0.6 is 0 Å². The Morgan fingerprint density at radius 2 is 2.38 bits per heavy atom. The topological polar surface area (TPSA) is 45.5 Å². The highest BCUT2D eigenvalue weighted by Gasteiger charge is 2.23. The lowest BCUT2D eigenvalue weighted by atomic mass is 10.1. The van der Waals surface area contributed by atoms with Crippen LogP contribution in [-0.2, 0) is 0 Å². The quantitative estimate of drug-likeness (QED) is 0.819. The van der Waals surface area contributed by atoms with Crippen molar-refractivity contribution in [1.29, 1.82) is 0 Å². The summed E-state index contributed by atoms with van der Waals surface area (Å²) in [7, 11) is 0. The van der Waals surface area contributed by atoms with Crippen LogP contribution in [0.25, 0.3) is 0 Å². The van der Waals surface area contributed by atoms with Gasteiger partial charge in [0.1, 0.15) is 0 Å². The van der Waals surface area contributed by atoms with Crippen molar-refractivity contribution >= 4 is 5.91 Å². The van der Waals surface area contributed by atoms with E-state index in [0.29, 0.717) is 11.7 Å². The third-order valence-electron chi connectivity index (χ3n) is 4.02. The van der Waals surface area contributed by atoms with Crippen molar-refractivity contribution in [2.75, 3.05) is 26.2 Å². The van der Waals surface area contributed by atoms with Gasteiger partial charge in [-0.25, -0.2) is 0 Å². The van der Waals surface area contributed by atoms with Crippen LogP contribution in [0.3, 0.4) is 0 Å². The van der Waals surface area contributed by atoms with Crippen molar-refractivity contribution < 1.29 is 9.21 Å². The highest BCUT2D eigenvalue weighted by atomic mass is 16.3. The summed E-state index contributed by atoms with van der Waals surface area (Å²) in [6.07, 6.45) is 6.09. The molecule has 21 heavy (non-hydrogen) atoms. The smallest absolute Gasteiger partial charge is 0.287 e. The van der Waals surface area contributed by atoms with Crippen molar-refractivity contribution in [3.63, 3.8) is 0 Å². The number of nitrogens with zero attached hydrogens (tertiary/aromatic N) is 1. The average Bonchev–Trinajstić information content (AvgIpc) is 3.05. The fourth-order valence-electron chi connectivity index (χ4n) is 2.91. The molecule has 1 amide bonds. The Hall–Kier alpha value is -1.55. The Morgan fingerprint density at radius 3 is 3.05 bits per heavy atom. The first-order valence-electron chi connectivity index (χ1n) is 7.80. The van der Waals surface area contributed by atoms with Gasteiger partial charge in [-0.1, -0.05) is 18.6 Å². The van der Waals surface area contributed by atoms with E-state index >= 15 is 0 Å². The number of hydrogen-bond donors (Lipinski definition) is 1. The molecule has 0 bridgehead atoms. The van der Waals surface area contributed by atoms with Gasteiger partial charge in [-0.15, -0.1) is 0 Å². The first-order valence-corrected chi connectivity index (χ1v) is 7.80. The summed E-state index contributed by atoms with van der Waals surface area (Å²) in [5.41, 5.74) is 2.33. The lowest BCUT2D eigenvalue weighted by Gasteiger charge is -2.16. The zero-order valence-electron chi connectivity index (χ0n) is 13.3. The maximum atomic E-state index is 12.0. The van der Waals surface area contributed by atoms with Crippen LogP contribution in [0, 0.1) is 12.8 Å². The molecular formula is C17H26N2O2. The molecule has 1 N–H and O–H groups in total. The molecule has 1 atom stereocenters. The molecule has 0 aliphatic carbocycles. The third-order valence-corrected chi connectivity index (χ3v) is 4.02. The number of nitrogens with one attached hydrogen (secondary N) is 1. The van der Waals surface area contributed by atoms with Gasteiger partial charge < -0.3 is 9.73 Å². The maximum Gasteiger partial charge on any atom is 0.287 e. The molecule has 1 saturated heterocycles. The van der Waals surface area contributed by atoms with Crippen LogP contribution in [0.2, 0.25) is 0 Å². The van der Waals surface area contributed by atoms with Gasteiger partial charge in [-0.3, -0.25) is 9.69 Å². The average molecular weight is 290 g/mol. The number of rotatable bonds is 6. The second-order valence-electron chi connectivity index (χ2n) is 5.99. The summed E-state index contributed by atoms with van der Waals surface area (Å²) < 4.78 is 5.21. The van der Waals surface area contributed by atoms with Crippen molar-refractivity contribution in [1.82, 2.24) is 10.2 Å². The Bertz CT molecular complexity index is 505. The molecule has 1 fully saturated rings. The molecule has 0 saturated carbocycles. The number of hydrogen-bond acceptors (Lipinski definition) is 3. The zero-order chi connectivity index (χ0) is 15.2. The monoisotopic (exact) mass is 290 g/mol. The highest BCUT2D eigenvalue weighted by Crippen LogP contribution is 2.17. The van der Waals surface area contributed by atoms with E-state index in [2.05, 4.69) is 30.1 Å². The molecular weight excluding hydrogens is 264 g/mol. The Labute approximate surface area is 127 Å². The van der Waals surface area contributed by atoms with Gasteiger partial charge >= 0.3 is 0 Å². The summed E-state index contributed by atoms with van der Waals surface area (Å²) in [6, 6.07) is 1.81. The molecule has 4 heteroatoms. The number of aryl methyl sites for hydroxylation is 1. The van der Waals surface area contributed by atoms with E-state index in [1.165, 1.54) is 5.57 Å². The lowest BCUT2D eigenvalue weighted by Crippen LogP contribution is -2.31. The predicted octanol–water partition coefficient (Wildman–Crippen LogP) is 3.00. The number of likely N-dealkylation sites (tertiary alicyclic amines) is 1. The van der Waals surface area contributed by atoms with Crippen molar-refractivity contribution in [3.8, 4) is 0 Å². The normalized spacial score (nSPS) is 20.0. The molecule has 1 aromatic heterocycles. The lowest BCUT2D eigenvalue weighted by molar-refractivity contribution is 0.0919. The van der Waals surface area contributed by atoms with Crippen LogP contribution in [0.5, 0.6) is 0 Å². The Morgan fingerprint density at radius 1 is 1.57 bits per heavy atom. The van der Waals surface area contributed by atoms with Crippen LogP contribution in [0.4, 0.5) is 0 Å². The van der Waals surface area contributed by atoms with Gasteiger partial charge in [0.15, 0.2) is 5.76 Å². The van der Waals surface area contributed by atoms with Crippen molar-refractivity contribution in [3.05, 3.63) is 35.3 Å². The predicted molar refractivity (Wildman–Crippen MR) is 84.4 cm³/mol. The zero-order valence-corrected chi connectivity index (χ0v) is 13.3. The Balaban J connectivity index is 1.75. The molecule has 0 spiro atoms. The number of carbonyl (C=O) groups excluding carboxylic acids is 1. The summed E-state index contributed by atoms with van der Waals surface area (Å²) in [5.74, 6) is 0.878. The molecule has 2 heterocycles. The van der Waals surface area contributed by atoms with E-state index in [1.807, 2.05) is 13.0 Å². The SMILES string of the molecule is CC/C=C(\C)CN1CCC(CNC(=O)c2occc2C)C1. The molecule has 1 aromatic rings. The number of carbonyl (C=O) groups is 1. The summed E-state index contributed by atoms with van der Waals surface area (Å²) in [5, 5.41) is 2.99. The van der Waals surface area contributed by atoms with Crippen LogP contribution in [-0.4, -0.2) is 37.0 Å². The van der Waals surface area contributed by atoms with E-state index in [9.17, 15) is 4.79 Å². The second kappa shape index (κ2) is 7.46. The molecule has 1 aliphatic heterocycles. The number of amides is 1. The third kappa shape index (κ3) is 4.46. The standard InChI is InChI=1S/C17H26N2O2/c1-4-5-13(2)11-19-8-6-15(12-19)10-18-17(20)16-14(3)7-9-21-16/h5,7,9,15H,4,6,8,10-12H2,1-3H3,(H,18,20)/b13-5+.